The average molecular weight is 287 g/mol. The molecule has 106 valence electrons. The van der Waals surface area contributed by atoms with Gasteiger partial charge in [0, 0.05) is 12.6 Å². The van der Waals surface area contributed by atoms with E-state index in [1.54, 1.807) is 0 Å². The van der Waals surface area contributed by atoms with Gasteiger partial charge in [-0.3, -0.25) is 0 Å². The van der Waals surface area contributed by atoms with Gasteiger partial charge >= 0.3 is 0 Å². The molecule has 4 nitrogen and oxygen atoms in total. The zero-order chi connectivity index (χ0) is 12.6. The largest absolute Gasteiger partial charge is 0.329 e. The Balaban J connectivity index is 0. The van der Waals surface area contributed by atoms with E-state index in [9.17, 15) is 8.42 Å². The van der Waals surface area contributed by atoms with E-state index >= 15 is 0 Å². The third kappa shape index (κ3) is 9.83. The Morgan fingerprint density at radius 1 is 1.29 bits per heavy atom. The molecule has 0 aromatic heterocycles. The van der Waals surface area contributed by atoms with Crippen LogP contribution in [0.4, 0.5) is 0 Å². The Labute approximate surface area is 112 Å². The van der Waals surface area contributed by atoms with E-state index in [-0.39, 0.29) is 30.1 Å². The first-order chi connectivity index (χ1) is 7.45. The van der Waals surface area contributed by atoms with Crippen LogP contribution in [-0.4, -0.2) is 26.8 Å². The third-order valence-electron chi connectivity index (χ3n) is 2.74. The molecule has 6 heteroatoms. The summed E-state index contributed by atoms with van der Waals surface area (Å²) in [5.74, 6) is 0.397. The minimum absolute atomic E-state index is 0. The Morgan fingerprint density at radius 3 is 2.29 bits per heavy atom. The average Bonchev–Trinajstić information content (AvgIpc) is 2.23. The number of halogens is 1. The van der Waals surface area contributed by atoms with Crippen LogP contribution < -0.4 is 10.5 Å². The van der Waals surface area contributed by atoms with E-state index in [0.717, 1.165) is 25.7 Å². The second kappa shape index (κ2) is 10.1. The Bertz CT molecular complexity index is 271. The van der Waals surface area contributed by atoms with Crippen LogP contribution in [0, 0.1) is 5.92 Å². The van der Waals surface area contributed by atoms with E-state index in [1.165, 1.54) is 0 Å². The highest BCUT2D eigenvalue weighted by Crippen LogP contribution is 2.06. The molecule has 0 spiro atoms. The van der Waals surface area contributed by atoms with E-state index in [4.69, 9.17) is 5.73 Å². The molecular formula is C11H27ClN2O2S. The van der Waals surface area contributed by atoms with Gasteiger partial charge in [-0.1, -0.05) is 40.0 Å². The van der Waals surface area contributed by atoms with Crippen LogP contribution in [0.1, 0.15) is 46.5 Å². The number of hydrogen-bond donors (Lipinski definition) is 2. The summed E-state index contributed by atoms with van der Waals surface area (Å²) < 4.78 is 26.2. The summed E-state index contributed by atoms with van der Waals surface area (Å²) in [5.41, 5.74) is 5.56. The maximum absolute atomic E-state index is 11.8. The number of nitrogens with one attached hydrogen (secondary N) is 1. The molecular weight excluding hydrogens is 260 g/mol. The van der Waals surface area contributed by atoms with Crippen molar-refractivity contribution in [2.75, 3.05) is 12.3 Å². The van der Waals surface area contributed by atoms with Crippen molar-refractivity contribution in [3.63, 3.8) is 0 Å². The van der Waals surface area contributed by atoms with Crippen LogP contribution >= 0.6 is 12.4 Å². The smallest absolute Gasteiger partial charge is 0.212 e. The van der Waals surface area contributed by atoms with E-state index < -0.39 is 10.0 Å². The highest BCUT2D eigenvalue weighted by molar-refractivity contribution is 7.89. The van der Waals surface area contributed by atoms with Crippen molar-refractivity contribution in [2.45, 2.75) is 52.5 Å². The standard InChI is InChI=1S/C11H26N2O2S.ClH/c1-4-6-7-11(8-12)13-16(14,15)9-10(3)5-2;/h10-11,13H,4-9,12H2,1-3H3;1H. The second-order valence-electron chi connectivity index (χ2n) is 4.49. The SMILES string of the molecule is CCCCC(CN)NS(=O)(=O)CC(C)CC.Cl. The molecule has 0 heterocycles. The molecule has 0 bridgehead atoms. The molecule has 0 aromatic rings. The third-order valence-corrected chi connectivity index (χ3v) is 4.44. The number of rotatable bonds is 9. The molecule has 0 aliphatic heterocycles. The molecule has 0 radical (unpaired) electrons. The molecule has 0 aliphatic carbocycles. The first kappa shape index (κ1) is 19.5. The summed E-state index contributed by atoms with van der Waals surface area (Å²) in [6.07, 6.45) is 3.77. The minimum atomic E-state index is -3.16. The van der Waals surface area contributed by atoms with Gasteiger partial charge in [0.25, 0.3) is 0 Å². The summed E-state index contributed by atoms with van der Waals surface area (Å²) in [4.78, 5) is 0. The van der Waals surface area contributed by atoms with Gasteiger partial charge in [-0.15, -0.1) is 12.4 Å². The summed E-state index contributed by atoms with van der Waals surface area (Å²) >= 11 is 0. The highest BCUT2D eigenvalue weighted by atomic mass is 35.5. The number of unbranched alkanes of at least 4 members (excludes halogenated alkanes) is 1. The Kier molecular flexibility index (Phi) is 11.6. The molecule has 0 saturated carbocycles. The lowest BCUT2D eigenvalue weighted by molar-refractivity contribution is 0.505. The lowest BCUT2D eigenvalue weighted by atomic mass is 10.1. The van der Waals surface area contributed by atoms with E-state index in [2.05, 4.69) is 11.6 Å². The molecule has 0 aromatic carbocycles. The van der Waals surface area contributed by atoms with Crippen molar-refractivity contribution >= 4 is 22.4 Å². The number of sulfonamides is 1. The predicted octanol–water partition coefficient (Wildman–Crippen LogP) is 1.89. The van der Waals surface area contributed by atoms with Gasteiger partial charge in [-0.2, -0.15) is 0 Å². The second-order valence-corrected chi connectivity index (χ2v) is 6.29. The van der Waals surface area contributed by atoms with Crippen LogP contribution in [0.25, 0.3) is 0 Å². The molecule has 0 rings (SSSR count). The van der Waals surface area contributed by atoms with Crippen molar-refractivity contribution in [2.24, 2.45) is 11.7 Å². The molecule has 0 fully saturated rings. The molecule has 17 heavy (non-hydrogen) atoms. The normalized spacial score (nSPS) is 15.1. The summed E-state index contributed by atoms with van der Waals surface area (Å²) in [7, 11) is -3.16. The molecule has 0 aliphatic rings. The summed E-state index contributed by atoms with van der Waals surface area (Å²) in [6, 6.07) is -0.103. The molecule has 0 saturated heterocycles. The number of nitrogens with two attached hydrogens (primary N) is 1. The first-order valence-corrected chi connectivity index (χ1v) is 7.80. The fourth-order valence-electron chi connectivity index (χ4n) is 1.47. The fraction of sp³-hybridized carbons (Fsp3) is 1.00. The fourth-order valence-corrected chi connectivity index (χ4v) is 3.27. The van der Waals surface area contributed by atoms with Crippen molar-refractivity contribution < 1.29 is 8.42 Å². The van der Waals surface area contributed by atoms with E-state index in [1.807, 2.05) is 13.8 Å². The van der Waals surface area contributed by atoms with Crippen LogP contribution in [0.15, 0.2) is 0 Å². The van der Waals surface area contributed by atoms with Crippen molar-refractivity contribution in [3.05, 3.63) is 0 Å². The lowest BCUT2D eigenvalue weighted by Crippen LogP contribution is -2.42. The van der Waals surface area contributed by atoms with Gasteiger partial charge in [-0.05, 0) is 12.3 Å². The maximum Gasteiger partial charge on any atom is 0.212 e. The highest BCUT2D eigenvalue weighted by Gasteiger charge is 2.18. The van der Waals surface area contributed by atoms with Crippen LogP contribution in [0.2, 0.25) is 0 Å². The zero-order valence-corrected chi connectivity index (χ0v) is 12.7. The van der Waals surface area contributed by atoms with Gasteiger partial charge in [-0.25, -0.2) is 13.1 Å². The minimum Gasteiger partial charge on any atom is -0.329 e. The monoisotopic (exact) mass is 286 g/mol. The predicted molar refractivity (Wildman–Crippen MR) is 76.0 cm³/mol. The number of hydrogen-bond acceptors (Lipinski definition) is 3. The van der Waals surface area contributed by atoms with Crippen molar-refractivity contribution in [3.8, 4) is 0 Å². The summed E-state index contributed by atoms with van der Waals surface area (Å²) in [5, 5.41) is 0. The van der Waals surface area contributed by atoms with Gasteiger partial charge in [0.15, 0.2) is 0 Å². The Hall–Kier alpha value is 0.160. The molecule has 0 amide bonds. The van der Waals surface area contributed by atoms with Crippen LogP contribution in [0.5, 0.6) is 0 Å². The molecule has 2 unspecified atom stereocenters. The molecule has 3 N–H and O–H groups in total. The van der Waals surface area contributed by atoms with Crippen LogP contribution in [-0.2, 0) is 10.0 Å². The lowest BCUT2D eigenvalue weighted by Gasteiger charge is -2.18. The van der Waals surface area contributed by atoms with Crippen molar-refractivity contribution in [1.82, 2.24) is 4.72 Å². The van der Waals surface area contributed by atoms with Gasteiger partial charge in [0.05, 0.1) is 5.75 Å². The van der Waals surface area contributed by atoms with E-state index in [0.29, 0.717) is 6.54 Å². The first-order valence-electron chi connectivity index (χ1n) is 6.15. The van der Waals surface area contributed by atoms with Crippen LogP contribution in [0.3, 0.4) is 0 Å². The quantitative estimate of drug-likeness (QED) is 0.680. The molecule has 2 atom stereocenters. The van der Waals surface area contributed by atoms with Crippen molar-refractivity contribution in [1.29, 1.82) is 0 Å². The zero-order valence-electron chi connectivity index (χ0n) is 11.1. The van der Waals surface area contributed by atoms with Gasteiger partial charge < -0.3 is 5.73 Å². The summed E-state index contributed by atoms with van der Waals surface area (Å²) in [6.45, 7) is 6.40. The topological polar surface area (TPSA) is 72.2 Å². The van der Waals surface area contributed by atoms with Gasteiger partial charge in [0.1, 0.15) is 0 Å². The van der Waals surface area contributed by atoms with Gasteiger partial charge in [0.2, 0.25) is 10.0 Å². The maximum atomic E-state index is 11.8. The Morgan fingerprint density at radius 2 is 1.88 bits per heavy atom.